The van der Waals surface area contributed by atoms with Crippen LogP contribution in [0, 0.1) is 11.8 Å². The van der Waals surface area contributed by atoms with Gasteiger partial charge >= 0.3 is 17.9 Å². The number of carboxylic acids is 3. The second kappa shape index (κ2) is 36.5. The minimum absolute atomic E-state index is 0.0134. The molecule has 0 radical (unpaired) electrons. The van der Waals surface area contributed by atoms with Gasteiger partial charge in [0.1, 0.15) is 48.3 Å². The van der Waals surface area contributed by atoms with E-state index in [4.69, 9.17) is 11.5 Å². The average Bonchev–Trinajstić information content (AvgIpc) is 1.83. The molecule has 10 amide bonds. The Bertz CT molecular complexity index is 2860. The number of carboxylic acid groups (broad SMARTS) is 3. The number of unbranched alkanes of at least 4 members (excludes halogenated alkanes) is 2. The maximum absolute atomic E-state index is 14.9. The number of hydrogen-bond acceptors (Lipinski definition) is 15. The number of nitrogens with two attached hydrogens (primary N) is 2. The molecule has 0 spiro atoms. The van der Waals surface area contributed by atoms with Crippen LogP contribution in [0.25, 0.3) is 0 Å². The second-order valence-electron chi connectivity index (χ2n) is 24.3. The van der Waals surface area contributed by atoms with E-state index in [-0.39, 0.29) is 102 Å². The van der Waals surface area contributed by atoms with Crippen LogP contribution in [0.15, 0.2) is 60.7 Å². The third kappa shape index (κ3) is 22.0. The summed E-state index contributed by atoms with van der Waals surface area (Å²) in [7, 11) is 0. The molecule has 10 atom stereocenters. The molecule has 0 saturated carbocycles. The van der Waals surface area contributed by atoms with Gasteiger partial charge in [0.15, 0.2) is 0 Å². The van der Waals surface area contributed by atoms with Crippen molar-refractivity contribution in [3.8, 4) is 0 Å². The molecule has 3 aliphatic rings. The lowest BCUT2D eigenvalue weighted by Gasteiger charge is -2.36. The third-order valence-electron chi connectivity index (χ3n) is 16.9. The smallest absolute Gasteiger partial charge is 0.326 e. The Morgan fingerprint density at radius 1 is 0.593 bits per heavy atom. The molecule has 5 rings (SSSR count). The first-order chi connectivity index (χ1) is 43.4. The zero-order chi connectivity index (χ0) is 66.9. The topological polar surface area (TPSA) is 408 Å². The van der Waals surface area contributed by atoms with E-state index >= 15 is 0 Å². The van der Waals surface area contributed by atoms with Crippen molar-refractivity contribution in [2.75, 3.05) is 32.7 Å². The molecule has 10 unspecified atom stereocenters. The molecule has 500 valence electrons. The molecule has 0 aliphatic carbocycles. The Balaban J connectivity index is 1.29. The standard InChI is InChI=1S/C64H93N11O16/c1-5-40(4)55(71-59(85)48-24-17-33-73(48)61(87)44(28-29-53(78)79)69-56(82)45(37-42-21-10-7-11-22-42)70-57(83)46(38-54(80)81)68-51(76)26-12-14-30-65)63(89)74-34-18-25-49(74)62(88)75(50(64(90)91)35-39(2)3)52(77)27-13-15-31-67-58(84)47-23-16-32-72(47)60(86)43(66)36-41-19-8-6-9-20-41/h6-11,19-22,39-40,43-50,55H,5,12-18,23-38,65-66H2,1-4H3,(H,67,84)(H,68,76)(H,69,82)(H,70,83)(H,71,85)(H,78,79)(H,80,81)(H,90,91). The van der Waals surface area contributed by atoms with Crippen molar-refractivity contribution in [2.45, 2.75) is 204 Å². The summed E-state index contributed by atoms with van der Waals surface area (Å²) in [6.45, 7) is 7.72. The van der Waals surface area contributed by atoms with Gasteiger partial charge in [-0.15, -0.1) is 0 Å². The number of imide groups is 1. The number of benzene rings is 2. The van der Waals surface area contributed by atoms with E-state index in [1.54, 1.807) is 58.0 Å². The van der Waals surface area contributed by atoms with E-state index in [0.29, 0.717) is 57.2 Å². The van der Waals surface area contributed by atoms with Gasteiger partial charge in [-0.1, -0.05) is 94.8 Å². The molecule has 27 heteroatoms. The summed E-state index contributed by atoms with van der Waals surface area (Å²) in [6, 6.07) is 5.89. The van der Waals surface area contributed by atoms with Crippen LogP contribution in [0.5, 0.6) is 0 Å². The first kappa shape index (κ1) is 73.4. The SMILES string of the molecule is CCC(C)C(NC(=O)C1CCCN1C(=O)C(CCC(=O)O)NC(=O)C(Cc1ccccc1)NC(=O)C(CC(=O)O)NC(=O)CCCCN)C(=O)N1CCCC1C(=O)N(C(=O)CCCCNC(=O)C1CCCN1C(=O)C(N)Cc1ccccc1)C(CC(C)C)C(=O)O. The van der Waals surface area contributed by atoms with Crippen LogP contribution in [-0.2, 0) is 75.2 Å². The highest BCUT2D eigenvalue weighted by atomic mass is 16.4. The number of hydrogen-bond donors (Lipinski definition) is 10. The summed E-state index contributed by atoms with van der Waals surface area (Å²) in [6.07, 6.45) is 1.07. The van der Waals surface area contributed by atoms with Gasteiger partial charge in [-0.2, -0.15) is 0 Å². The van der Waals surface area contributed by atoms with Crippen LogP contribution in [0.2, 0.25) is 0 Å². The zero-order valence-corrected chi connectivity index (χ0v) is 52.7. The minimum Gasteiger partial charge on any atom is -0.481 e. The molecule has 3 saturated heterocycles. The second-order valence-corrected chi connectivity index (χ2v) is 24.3. The summed E-state index contributed by atoms with van der Waals surface area (Å²) in [5.74, 6) is -12.4. The largest absolute Gasteiger partial charge is 0.481 e. The fourth-order valence-corrected chi connectivity index (χ4v) is 11.8. The Hall–Kier alpha value is -8.33. The fraction of sp³-hybridized carbons (Fsp3) is 0.609. The van der Waals surface area contributed by atoms with Crippen LogP contribution in [0.3, 0.4) is 0 Å². The summed E-state index contributed by atoms with van der Waals surface area (Å²) >= 11 is 0. The molecule has 27 nitrogen and oxygen atoms in total. The predicted octanol–water partition coefficient (Wildman–Crippen LogP) is 1.37. The molecular weight excluding hydrogens is 1180 g/mol. The lowest BCUT2D eigenvalue weighted by molar-refractivity contribution is -0.162. The first-order valence-corrected chi connectivity index (χ1v) is 31.8. The number of carbonyl (C=O) groups excluding carboxylic acids is 10. The van der Waals surface area contributed by atoms with Gasteiger partial charge in [0, 0.05) is 51.9 Å². The molecule has 0 bridgehead atoms. The van der Waals surface area contributed by atoms with E-state index in [1.165, 1.54) is 14.7 Å². The van der Waals surface area contributed by atoms with Gasteiger partial charge in [0.2, 0.25) is 53.2 Å². The highest BCUT2D eigenvalue weighted by molar-refractivity contribution is 6.04. The summed E-state index contributed by atoms with van der Waals surface area (Å²) < 4.78 is 0. The van der Waals surface area contributed by atoms with Crippen LogP contribution in [0.1, 0.15) is 148 Å². The summed E-state index contributed by atoms with van der Waals surface area (Å²) in [4.78, 5) is 183. The quantitative estimate of drug-likeness (QED) is 0.0431. The van der Waals surface area contributed by atoms with Gasteiger partial charge in [0.05, 0.1) is 12.5 Å². The van der Waals surface area contributed by atoms with Gasteiger partial charge < -0.3 is 68.1 Å². The molecule has 3 fully saturated rings. The summed E-state index contributed by atoms with van der Waals surface area (Å²) in [5, 5.41) is 43.1. The maximum Gasteiger partial charge on any atom is 0.326 e. The number of rotatable bonds is 36. The van der Waals surface area contributed by atoms with Crippen LogP contribution in [-0.4, -0.2) is 199 Å². The van der Waals surface area contributed by atoms with Crippen LogP contribution >= 0.6 is 0 Å². The molecule has 2 aromatic rings. The molecule has 3 heterocycles. The van der Waals surface area contributed by atoms with E-state index in [2.05, 4.69) is 26.6 Å². The van der Waals surface area contributed by atoms with Gasteiger partial charge in [-0.25, -0.2) is 4.79 Å². The van der Waals surface area contributed by atoms with Crippen LogP contribution < -0.4 is 38.1 Å². The number of aliphatic carboxylic acids is 3. The first-order valence-electron chi connectivity index (χ1n) is 31.8. The highest BCUT2D eigenvalue weighted by Crippen LogP contribution is 2.28. The van der Waals surface area contributed by atoms with Crippen molar-refractivity contribution >= 4 is 77.0 Å². The molecule has 0 aromatic heterocycles. The Labute approximate surface area is 530 Å². The zero-order valence-electron chi connectivity index (χ0n) is 52.7. The molecular formula is C64H93N11O16. The van der Waals surface area contributed by atoms with Crippen molar-refractivity contribution in [1.82, 2.24) is 46.2 Å². The van der Waals surface area contributed by atoms with E-state index < -0.39 is 145 Å². The number of amides is 10. The predicted molar refractivity (Wildman–Crippen MR) is 331 cm³/mol. The Kier molecular flexibility index (Phi) is 29.4. The van der Waals surface area contributed by atoms with Gasteiger partial charge in [-0.3, -0.25) is 62.4 Å². The number of nitrogens with zero attached hydrogens (tertiary/aromatic N) is 4. The van der Waals surface area contributed by atoms with Crippen molar-refractivity contribution in [1.29, 1.82) is 0 Å². The number of likely N-dealkylation sites (tertiary alicyclic amines) is 3. The molecule has 12 N–H and O–H groups in total. The lowest BCUT2D eigenvalue weighted by Crippen LogP contribution is -2.61. The highest BCUT2D eigenvalue weighted by Gasteiger charge is 2.47. The molecule has 2 aromatic carbocycles. The fourth-order valence-electron chi connectivity index (χ4n) is 11.8. The van der Waals surface area contributed by atoms with Crippen molar-refractivity contribution < 1.29 is 77.6 Å². The van der Waals surface area contributed by atoms with Crippen LogP contribution in [0.4, 0.5) is 0 Å². The number of carbonyl (C=O) groups is 13. The van der Waals surface area contributed by atoms with Gasteiger partial charge in [-0.05, 0) is 113 Å². The average molecular weight is 1270 g/mol. The molecule has 3 aliphatic heterocycles. The van der Waals surface area contributed by atoms with E-state index in [9.17, 15) is 77.6 Å². The normalized spacial score (nSPS) is 18.6. The van der Waals surface area contributed by atoms with Crippen molar-refractivity contribution in [3.63, 3.8) is 0 Å². The molecule has 91 heavy (non-hydrogen) atoms. The maximum atomic E-state index is 14.9. The monoisotopic (exact) mass is 1270 g/mol. The lowest BCUT2D eigenvalue weighted by atomic mass is 9.96. The Morgan fingerprint density at radius 2 is 1.13 bits per heavy atom. The van der Waals surface area contributed by atoms with E-state index in [0.717, 1.165) is 10.5 Å². The third-order valence-corrected chi connectivity index (χ3v) is 16.9. The Morgan fingerprint density at radius 3 is 1.69 bits per heavy atom. The number of nitrogens with one attached hydrogen (secondary N) is 5. The van der Waals surface area contributed by atoms with Gasteiger partial charge in [0.25, 0.3) is 5.91 Å². The van der Waals surface area contributed by atoms with E-state index in [1.807, 2.05) is 30.3 Å². The minimum atomic E-state index is -1.62. The summed E-state index contributed by atoms with van der Waals surface area (Å²) in [5.41, 5.74) is 13.2. The van der Waals surface area contributed by atoms with Crippen molar-refractivity contribution in [3.05, 3.63) is 71.8 Å². The van der Waals surface area contributed by atoms with Crippen molar-refractivity contribution in [2.24, 2.45) is 23.3 Å².